The maximum Gasteiger partial charge on any atom is 0.416 e. The molecular weight excluding hydrogens is 521 g/mol. The second-order valence-corrected chi connectivity index (χ2v) is 9.75. The number of carbonyl (C=O) groups is 1. The lowest BCUT2D eigenvalue weighted by atomic mass is 9.92. The number of nitrogens with one attached hydrogen (secondary N) is 1. The molecule has 0 aliphatic carbocycles. The molecule has 0 bridgehead atoms. The number of rotatable bonds is 7. The Morgan fingerprint density at radius 3 is 2.64 bits per heavy atom. The average molecular weight is 546 g/mol. The van der Waals surface area contributed by atoms with Crippen molar-refractivity contribution in [3.8, 4) is 11.5 Å². The number of aromatic amines is 1. The van der Waals surface area contributed by atoms with Gasteiger partial charge in [0.25, 0.3) is 0 Å². The molecule has 39 heavy (non-hydrogen) atoms. The van der Waals surface area contributed by atoms with Crippen molar-refractivity contribution in [2.45, 2.75) is 25.4 Å². The highest BCUT2D eigenvalue weighted by molar-refractivity contribution is 6.31. The van der Waals surface area contributed by atoms with Gasteiger partial charge in [-0.15, -0.1) is 5.10 Å². The van der Waals surface area contributed by atoms with E-state index in [1.54, 1.807) is 15.8 Å². The fourth-order valence-electron chi connectivity index (χ4n) is 4.98. The average Bonchev–Trinajstić information content (AvgIpc) is 3.60. The van der Waals surface area contributed by atoms with Gasteiger partial charge in [0, 0.05) is 47.3 Å². The van der Waals surface area contributed by atoms with E-state index in [4.69, 9.17) is 21.1 Å². The molecular formula is C29H25ClFN5O3. The van der Waals surface area contributed by atoms with Gasteiger partial charge < -0.3 is 14.5 Å². The summed E-state index contributed by atoms with van der Waals surface area (Å²) >= 11 is 6.30. The Hall–Kier alpha value is -4.37. The molecule has 0 spiro atoms. The van der Waals surface area contributed by atoms with E-state index < -0.39 is 18.0 Å². The first kappa shape index (κ1) is 24.9. The fraction of sp³-hybridized carbons (Fsp3) is 0.207. The summed E-state index contributed by atoms with van der Waals surface area (Å²) in [5, 5.41) is 9.46. The van der Waals surface area contributed by atoms with E-state index >= 15 is 0 Å². The zero-order valence-corrected chi connectivity index (χ0v) is 21.6. The summed E-state index contributed by atoms with van der Waals surface area (Å²) in [6.07, 6.45) is 4.38. The first-order valence-corrected chi connectivity index (χ1v) is 13.0. The molecule has 198 valence electrons. The summed E-state index contributed by atoms with van der Waals surface area (Å²) in [6.45, 7) is 1.70. The maximum absolute atomic E-state index is 13.4. The number of hydrogen-bond acceptors (Lipinski definition) is 5. The molecule has 3 aromatic carbocycles. The van der Waals surface area contributed by atoms with Gasteiger partial charge in [0.15, 0.2) is 0 Å². The lowest BCUT2D eigenvalue weighted by Gasteiger charge is -2.35. The van der Waals surface area contributed by atoms with Gasteiger partial charge in [-0.2, -0.15) is 0 Å². The molecule has 0 saturated carbocycles. The summed E-state index contributed by atoms with van der Waals surface area (Å²) in [6, 6.07) is 18.5. The zero-order valence-electron chi connectivity index (χ0n) is 20.9. The van der Waals surface area contributed by atoms with Gasteiger partial charge in [-0.25, -0.2) is 9.18 Å². The molecule has 6 rings (SSSR count). The predicted octanol–water partition coefficient (Wildman–Crippen LogP) is 6.17. The number of nitrogens with zero attached hydrogens (tertiary/aromatic N) is 4. The van der Waals surface area contributed by atoms with Crippen molar-refractivity contribution in [2.24, 2.45) is 0 Å². The van der Waals surface area contributed by atoms with Gasteiger partial charge in [0.2, 0.25) is 0 Å². The zero-order chi connectivity index (χ0) is 26.8. The van der Waals surface area contributed by atoms with Crippen LogP contribution in [0.2, 0.25) is 5.02 Å². The van der Waals surface area contributed by atoms with Crippen molar-refractivity contribution < 1.29 is 18.7 Å². The first-order valence-electron chi connectivity index (χ1n) is 12.7. The minimum absolute atomic E-state index is 0.281. The van der Waals surface area contributed by atoms with E-state index in [0.29, 0.717) is 24.6 Å². The molecule has 1 aliphatic rings. The number of benzene rings is 3. The highest BCUT2D eigenvalue weighted by atomic mass is 35.5. The van der Waals surface area contributed by atoms with E-state index in [-0.39, 0.29) is 5.75 Å². The lowest BCUT2D eigenvalue weighted by molar-refractivity contribution is 0.135. The predicted molar refractivity (Wildman–Crippen MR) is 145 cm³/mol. The number of hydrogen-bond donors (Lipinski definition) is 1. The molecule has 1 atom stereocenters. The second-order valence-electron chi connectivity index (χ2n) is 9.31. The molecule has 1 amide bonds. The van der Waals surface area contributed by atoms with E-state index in [0.717, 1.165) is 46.4 Å². The second kappa shape index (κ2) is 10.8. The van der Waals surface area contributed by atoms with Crippen LogP contribution in [0.5, 0.6) is 11.5 Å². The monoisotopic (exact) mass is 545 g/mol. The van der Waals surface area contributed by atoms with Crippen molar-refractivity contribution >= 4 is 28.6 Å². The van der Waals surface area contributed by atoms with Crippen LogP contribution in [0.25, 0.3) is 10.9 Å². The molecule has 1 N–H and O–H groups in total. The van der Waals surface area contributed by atoms with Crippen molar-refractivity contribution in [3.63, 3.8) is 0 Å². The third kappa shape index (κ3) is 5.31. The lowest BCUT2D eigenvalue weighted by Crippen LogP contribution is -2.42. The van der Waals surface area contributed by atoms with Crippen LogP contribution >= 0.6 is 11.6 Å². The van der Waals surface area contributed by atoms with Gasteiger partial charge in [-0.3, -0.25) is 9.58 Å². The SMILES string of the molecule is O=C(Oc1ccc(F)cc1)N1CCc2c([nH]c3ccc(Cl)cc23)C1c1ccc(OCCCn2ccnn2)cc1. The number of carbonyl (C=O) groups excluding carboxylic acids is 1. The molecule has 10 heteroatoms. The summed E-state index contributed by atoms with van der Waals surface area (Å²) in [5.41, 5.74) is 3.89. The number of fused-ring (bicyclic) bond motifs is 3. The van der Waals surface area contributed by atoms with Crippen LogP contribution in [0.15, 0.2) is 79.1 Å². The van der Waals surface area contributed by atoms with E-state index in [1.165, 1.54) is 24.3 Å². The molecule has 3 heterocycles. The Morgan fingerprint density at radius 1 is 1.08 bits per heavy atom. The third-order valence-electron chi connectivity index (χ3n) is 6.81. The number of H-pyrrole nitrogens is 1. The summed E-state index contributed by atoms with van der Waals surface area (Å²) in [7, 11) is 0. The van der Waals surface area contributed by atoms with Gasteiger partial charge in [0.1, 0.15) is 23.4 Å². The Kier molecular flexibility index (Phi) is 6.89. The van der Waals surface area contributed by atoms with Crippen LogP contribution in [0.3, 0.4) is 0 Å². The molecule has 8 nitrogen and oxygen atoms in total. The molecule has 5 aromatic rings. The number of aromatic nitrogens is 4. The smallest absolute Gasteiger partial charge is 0.416 e. The molecule has 0 fully saturated rings. The largest absolute Gasteiger partial charge is 0.494 e. The Morgan fingerprint density at radius 2 is 1.87 bits per heavy atom. The minimum Gasteiger partial charge on any atom is -0.494 e. The van der Waals surface area contributed by atoms with Gasteiger partial charge in [-0.05, 0) is 72.1 Å². The quantitative estimate of drug-likeness (QED) is 0.247. The van der Waals surface area contributed by atoms with Gasteiger partial charge in [-0.1, -0.05) is 28.9 Å². The van der Waals surface area contributed by atoms with Crippen LogP contribution in [0.4, 0.5) is 9.18 Å². The summed E-state index contributed by atoms with van der Waals surface area (Å²) in [4.78, 5) is 18.6. The Bertz CT molecular complexity index is 1590. The molecule has 0 radical (unpaired) electrons. The molecule has 2 aromatic heterocycles. The van der Waals surface area contributed by atoms with Crippen LogP contribution < -0.4 is 9.47 Å². The number of amides is 1. The fourth-order valence-corrected chi connectivity index (χ4v) is 5.15. The standard InChI is InChI=1S/C29H25ClFN5O3/c30-20-4-11-26-25(18-20)24-12-15-36(29(37)39-23-9-5-21(31)6-10-23)28(27(24)33-26)19-2-7-22(8-3-19)38-17-1-14-35-16-13-32-34-35/h2-11,13,16,18,28,33H,1,12,14-15,17H2. The molecule has 1 unspecified atom stereocenters. The van der Waals surface area contributed by atoms with E-state index in [1.807, 2.05) is 48.7 Å². The van der Waals surface area contributed by atoms with Crippen molar-refractivity contribution in [2.75, 3.05) is 13.2 Å². The third-order valence-corrected chi connectivity index (χ3v) is 7.05. The summed E-state index contributed by atoms with van der Waals surface area (Å²) in [5.74, 6) is 0.619. The highest BCUT2D eigenvalue weighted by Gasteiger charge is 2.35. The van der Waals surface area contributed by atoms with Crippen molar-refractivity contribution in [1.29, 1.82) is 0 Å². The highest BCUT2D eigenvalue weighted by Crippen LogP contribution is 2.40. The van der Waals surface area contributed by atoms with Gasteiger partial charge in [0.05, 0.1) is 12.8 Å². The van der Waals surface area contributed by atoms with Crippen LogP contribution in [0.1, 0.15) is 29.3 Å². The number of halogens is 2. The van der Waals surface area contributed by atoms with Crippen LogP contribution in [0, 0.1) is 5.82 Å². The minimum atomic E-state index is -0.512. The molecule has 1 aliphatic heterocycles. The normalized spacial score (nSPS) is 14.8. The Balaban J connectivity index is 1.26. The Labute approximate surface area is 228 Å². The first-order chi connectivity index (χ1) is 19.0. The maximum atomic E-state index is 13.4. The topological polar surface area (TPSA) is 85.3 Å². The van der Waals surface area contributed by atoms with E-state index in [2.05, 4.69) is 15.3 Å². The van der Waals surface area contributed by atoms with E-state index in [9.17, 15) is 9.18 Å². The van der Waals surface area contributed by atoms with Crippen LogP contribution in [-0.4, -0.2) is 44.1 Å². The summed E-state index contributed by atoms with van der Waals surface area (Å²) < 4.78 is 26.7. The van der Waals surface area contributed by atoms with Crippen molar-refractivity contribution in [1.82, 2.24) is 24.9 Å². The number of ether oxygens (including phenoxy) is 2. The van der Waals surface area contributed by atoms with Gasteiger partial charge >= 0.3 is 6.09 Å². The van der Waals surface area contributed by atoms with Crippen LogP contribution in [-0.2, 0) is 13.0 Å². The van der Waals surface area contributed by atoms with Crippen molar-refractivity contribution in [3.05, 3.63) is 107 Å². The molecule has 0 saturated heterocycles. The number of aryl methyl sites for hydroxylation is 1.